The molecule has 1 aromatic heterocycles. The number of carbonyl (C=O) groups is 1. The summed E-state index contributed by atoms with van der Waals surface area (Å²) < 4.78 is 13.1. The number of nitrogens with one attached hydrogen (secondary N) is 2. The molecule has 0 radical (unpaired) electrons. The molecule has 2 N–H and O–H groups in total. The SMILES string of the molecule is C=CCNC(=O)[C@@H](C)Sc1nc2ccc(F)cc2c(=O)[nH]1. The minimum absolute atomic E-state index is 0.179. The summed E-state index contributed by atoms with van der Waals surface area (Å²) in [5.41, 5.74) is -0.0398. The van der Waals surface area contributed by atoms with Crippen LogP contribution < -0.4 is 10.9 Å². The molecule has 1 aromatic carbocycles. The lowest BCUT2D eigenvalue weighted by atomic mass is 10.2. The fourth-order valence-corrected chi connectivity index (χ4v) is 2.51. The molecule has 0 unspecified atom stereocenters. The van der Waals surface area contributed by atoms with E-state index in [1.165, 1.54) is 12.1 Å². The minimum Gasteiger partial charge on any atom is -0.352 e. The van der Waals surface area contributed by atoms with Gasteiger partial charge in [-0.25, -0.2) is 9.37 Å². The number of H-pyrrole nitrogens is 1. The lowest BCUT2D eigenvalue weighted by Crippen LogP contribution is -2.31. The Bertz CT molecular complexity index is 745. The maximum atomic E-state index is 13.1. The van der Waals surface area contributed by atoms with Gasteiger partial charge in [0.2, 0.25) is 5.91 Å². The number of carbonyl (C=O) groups excluding carboxylic acids is 1. The number of hydrogen-bond donors (Lipinski definition) is 2. The zero-order valence-electron chi connectivity index (χ0n) is 11.4. The van der Waals surface area contributed by atoms with Crippen LogP contribution in [0.4, 0.5) is 4.39 Å². The lowest BCUT2D eigenvalue weighted by Gasteiger charge is -2.10. The van der Waals surface area contributed by atoms with Gasteiger partial charge in [0.1, 0.15) is 5.82 Å². The highest BCUT2D eigenvalue weighted by atomic mass is 32.2. The van der Waals surface area contributed by atoms with Crippen LogP contribution in [0, 0.1) is 5.82 Å². The van der Waals surface area contributed by atoms with E-state index in [1.807, 2.05) is 0 Å². The summed E-state index contributed by atoms with van der Waals surface area (Å²) in [4.78, 5) is 30.4. The van der Waals surface area contributed by atoms with Gasteiger partial charge in [0.15, 0.2) is 5.16 Å². The van der Waals surface area contributed by atoms with E-state index in [9.17, 15) is 14.0 Å². The normalized spacial score (nSPS) is 12.1. The number of amides is 1. The van der Waals surface area contributed by atoms with E-state index in [-0.39, 0.29) is 11.3 Å². The number of halogens is 1. The Morgan fingerprint density at radius 2 is 2.38 bits per heavy atom. The van der Waals surface area contributed by atoms with Crippen LogP contribution in [0.1, 0.15) is 6.92 Å². The molecule has 110 valence electrons. The van der Waals surface area contributed by atoms with E-state index in [0.29, 0.717) is 17.2 Å². The van der Waals surface area contributed by atoms with Gasteiger partial charge >= 0.3 is 0 Å². The summed E-state index contributed by atoms with van der Waals surface area (Å²) in [6.07, 6.45) is 1.58. The number of rotatable bonds is 5. The number of hydrogen-bond acceptors (Lipinski definition) is 4. The van der Waals surface area contributed by atoms with Gasteiger partial charge in [0.05, 0.1) is 16.2 Å². The summed E-state index contributed by atoms with van der Waals surface area (Å²) in [5, 5.41) is 2.74. The molecule has 7 heteroatoms. The number of thioether (sulfide) groups is 1. The van der Waals surface area contributed by atoms with Crippen molar-refractivity contribution >= 4 is 28.6 Å². The van der Waals surface area contributed by atoms with Gasteiger partial charge in [0, 0.05) is 6.54 Å². The molecule has 1 amide bonds. The second-order valence-electron chi connectivity index (χ2n) is 4.33. The summed E-state index contributed by atoms with van der Waals surface area (Å²) in [7, 11) is 0. The van der Waals surface area contributed by atoms with Crippen molar-refractivity contribution in [1.82, 2.24) is 15.3 Å². The first-order chi connectivity index (χ1) is 10.0. The smallest absolute Gasteiger partial charge is 0.259 e. The predicted molar refractivity (Wildman–Crippen MR) is 80.8 cm³/mol. The maximum Gasteiger partial charge on any atom is 0.259 e. The van der Waals surface area contributed by atoms with Crippen molar-refractivity contribution in [3.63, 3.8) is 0 Å². The van der Waals surface area contributed by atoms with E-state index < -0.39 is 16.6 Å². The molecule has 0 saturated heterocycles. The lowest BCUT2D eigenvalue weighted by molar-refractivity contribution is -0.120. The summed E-state index contributed by atoms with van der Waals surface area (Å²) in [6, 6.07) is 3.81. The van der Waals surface area contributed by atoms with Crippen LogP contribution in [0.2, 0.25) is 0 Å². The zero-order valence-corrected chi connectivity index (χ0v) is 12.2. The second kappa shape index (κ2) is 6.53. The molecular weight excluding hydrogens is 293 g/mol. The van der Waals surface area contributed by atoms with Crippen LogP contribution in [0.25, 0.3) is 10.9 Å². The molecule has 0 bridgehead atoms. The summed E-state index contributed by atoms with van der Waals surface area (Å²) >= 11 is 1.13. The second-order valence-corrected chi connectivity index (χ2v) is 5.66. The molecular formula is C14H14FN3O2S. The van der Waals surface area contributed by atoms with Crippen molar-refractivity contribution in [1.29, 1.82) is 0 Å². The van der Waals surface area contributed by atoms with Gasteiger partial charge in [-0.2, -0.15) is 0 Å². The highest BCUT2D eigenvalue weighted by molar-refractivity contribution is 8.00. The highest BCUT2D eigenvalue weighted by Gasteiger charge is 2.15. The third-order valence-corrected chi connectivity index (χ3v) is 3.71. The van der Waals surface area contributed by atoms with Crippen LogP contribution in [0.5, 0.6) is 0 Å². The largest absolute Gasteiger partial charge is 0.352 e. The number of aromatic amines is 1. The fraction of sp³-hybridized carbons (Fsp3) is 0.214. The average Bonchev–Trinajstić information content (AvgIpc) is 2.45. The van der Waals surface area contributed by atoms with Crippen LogP contribution in [-0.2, 0) is 4.79 Å². The Kier molecular flexibility index (Phi) is 4.74. The average molecular weight is 307 g/mol. The molecule has 0 fully saturated rings. The van der Waals surface area contributed by atoms with Crippen molar-refractivity contribution in [3.05, 3.63) is 47.0 Å². The van der Waals surface area contributed by atoms with Crippen LogP contribution in [0.15, 0.2) is 40.8 Å². The third kappa shape index (κ3) is 3.69. The maximum absolute atomic E-state index is 13.1. The highest BCUT2D eigenvalue weighted by Crippen LogP contribution is 2.20. The molecule has 2 aromatic rings. The van der Waals surface area contributed by atoms with E-state index >= 15 is 0 Å². The molecule has 0 aliphatic carbocycles. The quantitative estimate of drug-likeness (QED) is 0.502. The van der Waals surface area contributed by atoms with Crippen LogP contribution >= 0.6 is 11.8 Å². The Morgan fingerprint density at radius 3 is 3.10 bits per heavy atom. The molecule has 0 saturated carbocycles. The molecule has 5 nitrogen and oxygen atoms in total. The van der Waals surface area contributed by atoms with Crippen molar-refractivity contribution in [3.8, 4) is 0 Å². The third-order valence-electron chi connectivity index (χ3n) is 2.72. The molecule has 0 aliphatic rings. The number of aromatic nitrogens is 2. The zero-order chi connectivity index (χ0) is 15.4. The Morgan fingerprint density at radius 1 is 1.62 bits per heavy atom. The number of nitrogens with zero attached hydrogens (tertiary/aromatic N) is 1. The fourth-order valence-electron chi connectivity index (χ4n) is 1.68. The van der Waals surface area contributed by atoms with E-state index in [1.54, 1.807) is 13.0 Å². The predicted octanol–water partition coefficient (Wildman–Crippen LogP) is 1.84. The van der Waals surface area contributed by atoms with Gasteiger partial charge in [-0.1, -0.05) is 17.8 Å². The minimum atomic E-state index is -0.493. The molecule has 1 heterocycles. The molecule has 2 rings (SSSR count). The first-order valence-electron chi connectivity index (χ1n) is 6.26. The number of benzene rings is 1. The van der Waals surface area contributed by atoms with Gasteiger partial charge < -0.3 is 10.3 Å². The first kappa shape index (κ1) is 15.2. The van der Waals surface area contributed by atoms with E-state index in [0.717, 1.165) is 17.8 Å². The van der Waals surface area contributed by atoms with Crippen LogP contribution in [-0.4, -0.2) is 27.7 Å². The Balaban J connectivity index is 2.23. The monoisotopic (exact) mass is 307 g/mol. The number of fused-ring (bicyclic) bond motifs is 1. The molecule has 0 aliphatic heterocycles. The van der Waals surface area contributed by atoms with Crippen molar-refractivity contribution in [2.24, 2.45) is 0 Å². The van der Waals surface area contributed by atoms with Crippen molar-refractivity contribution < 1.29 is 9.18 Å². The molecule has 21 heavy (non-hydrogen) atoms. The van der Waals surface area contributed by atoms with E-state index in [4.69, 9.17) is 0 Å². The van der Waals surface area contributed by atoms with Gasteiger partial charge in [0.25, 0.3) is 5.56 Å². The summed E-state index contributed by atoms with van der Waals surface area (Å²) in [5.74, 6) is -0.672. The standard InChI is InChI=1S/C14H14FN3O2S/c1-3-6-16-12(19)8(2)21-14-17-11-5-4-9(15)7-10(11)13(20)18-14/h3-5,7-8H,1,6H2,2H3,(H,16,19)(H,17,18,20)/t8-/m1/s1. The van der Waals surface area contributed by atoms with Gasteiger partial charge in [-0.3, -0.25) is 9.59 Å². The van der Waals surface area contributed by atoms with Gasteiger partial charge in [-0.15, -0.1) is 6.58 Å². The Labute approximate surface area is 124 Å². The van der Waals surface area contributed by atoms with Crippen LogP contribution in [0.3, 0.4) is 0 Å². The van der Waals surface area contributed by atoms with E-state index in [2.05, 4.69) is 21.9 Å². The summed E-state index contributed by atoms with van der Waals surface area (Å²) in [6.45, 7) is 5.60. The first-order valence-corrected chi connectivity index (χ1v) is 7.14. The van der Waals surface area contributed by atoms with Gasteiger partial charge in [-0.05, 0) is 25.1 Å². The topological polar surface area (TPSA) is 74.8 Å². The van der Waals surface area contributed by atoms with Crippen molar-refractivity contribution in [2.45, 2.75) is 17.3 Å². The Hall–Kier alpha value is -2.15. The molecule has 0 spiro atoms. The van der Waals surface area contributed by atoms with Crippen molar-refractivity contribution in [2.75, 3.05) is 6.54 Å². The molecule has 1 atom stereocenters.